The monoisotopic (exact) mass is 390 g/mol. The first-order valence-electron chi connectivity index (χ1n) is 8.02. The molecule has 0 radical (unpaired) electrons. The maximum atomic E-state index is 12.4. The molecule has 2 aliphatic rings. The number of hydrogen-bond acceptors (Lipinski definition) is 4. The molecule has 4 rings (SSSR count). The van der Waals surface area contributed by atoms with Gasteiger partial charge in [0.15, 0.2) is 10.9 Å². The molecule has 1 aliphatic carbocycles. The maximum absolute atomic E-state index is 12.4. The van der Waals surface area contributed by atoms with E-state index in [0.717, 1.165) is 46.0 Å². The van der Waals surface area contributed by atoms with Crippen molar-refractivity contribution < 1.29 is 4.79 Å². The Hall–Kier alpha value is -1.20. The Balaban J connectivity index is 1.77. The highest BCUT2D eigenvalue weighted by Gasteiger charge is 2.35. The van der Waals surface area contributed by atoms with Crippen LogP contribution in [0.2, 0.25) is 0 Å². The molecule has 0 unspecified atom stereocenters. The van der Waals surface area contributed by atoms with Gasteiger partial charge in [-0.3, -0.25) is 4.79 Å². The van der Waals surface area contributed by atoms with Crippen molar-refractivity contribution in [1.29, 1.82) is 0 Å². The molecule has 2 heterocycles. The number of fused-ring (bicyclic) bond motifs is 2. The van der Waals surface area contributed by atoms with Crippen LogP contribution in [0.5, 0.6) is 0 Å². The van der Waals surface area contributed by atoms with Crippen LogP contribution in [0.1, 0.15) is 47.6 Å². The van der Waals surface area contributed by atoms with E-state index in [1.54, 1.807) is 11.3 Å². The molecule has 1 aromatic carbocycles. The number of hydrogen-bond donors (Lipinski definition) is 0. The van der Waals surface area contributed by atoms with E-state index in [-0.39, 0.29) is 11.2 Å². The van der Waals surface area contributed by atoms with Gasteiger partial charge in [0.2, 0.25) is 0 Å². The second kappa shape index (κ2) is 5.42. The minimum atomic E-state index is 0.0261. The van der Waals surface area contributed by atoms with Crippen molar-refractivity contribution in [3.8, 4) is 0 Å². The highest BCUT2D eigenvalue weighted by atomic mass is 79.9. The molecular formula is C18H19BrN2OS. The number of aryl methyl sites for hydroxylation is 1. The molecule has 0 spiro atoms. The minimum absolute atomic E-state index is 0.0261. The van der Waals surface area contributed by atoms with E-state index in [9.17, 15) is 4.79 Å². The summed E-state index contributed by atoms with van der Waals surface area (Å²) in [7, 11) is 0. The van der Waals surface area contributed by atoms with Crippen LogP contribution in [0.15, 0.2) is 22.7 Å². The van der Waals surface area contributed by atoms with E-state index in [1.165, 1.54) is 11.3 Å². The van der Waals surface area contributed by atoms with Crippen LogP contribution in [-0.4, -0.2) is 17.3 Å². The third-order valence-electron chi connectivity index (χ3n) is 4.62. The summed E-state index contributed by atoms with van der Waals surface area (Å²) >= 11 is 5.14. The lowest BCUT2D eigenvalue weighted by atomic mass is 9.78. The Kier molecular flexibility index (Phi) is 3.61. The number of carbonyl (C=O) groups excluding carboxylic acids is 1. The Labute approximate surface area is 148 Å². The molecule has 2 aromatic rings. The number of aromatic nitrogens is 1. The fraction of sp³-hybridized carbons (Fsp3) is 0.444. The average Bonchev–Trinajstić information content (AvgIpc) is 2.89. The number of halogens is 1. The molecule has 120 valence electrons. The van der Waals surface area contributed by atoms with Gasteiger partial charge in [0.05, 0.1) is 10.6 Å². The first kappa shape index (κ1) is 15.3. The third-order valence-corrected chi connectivity index (χ3v) is 6.28. The molecule has 0 fully saturated rings. The number of thiazole rings is 1. The van der Waals surface area contributed by atoms with Crippen LogP contribution in [-0.2, 0) is 12.8 Å². The molecule has 5 heteroatoms. The Morgan fingerprint density at radius 2 is 2.13 bits per heavy atom. The van der Waals surface area contributed by atoms with Crippen LogP contribution in [0.25, 0.3) is 0 Å². The van der Waals surface area contributed by atoms with Gasteiger partial charge in [0.25, 0.3) is 0 Å². The van der Waals surface area contributed by atoms with Gasteiger partial charge in [-0.2, -0.15) is 0 Å². The highest BCUT2D eigenvalue weighted by molar-refractivity contribution is 9.10. The summed E-state index contributed by atoms with van der Waals surface area (Å²) in [6.07, 6.45) is 3.75. The topological polar surface area (TPSA) is 33.2 Å². The van der Waals surface area contributed by atoms with Gasteiger partial charge in [-0.25, -0.2) is 4.98 Å². The number of rotatable bonds is 1. The Morgan fingerprint density at radius 1 is 1.30 bits per heavy atom. The van der Waals surface area contributed by atoms with E-state index in [4.69, 9.17) is 4.98 Å². The van der Waals surface area contributed by atoms with Gasteiger partial charge < -0.3 is 4.90 Å². The maximum Gasteiger partial charge on any atom is 0.190 e. The summed E-state index contributed by atoms with van der Waals surface area (Å²) in [5, 5.41) is 0.972. The predicted octanol–water partition coefficient (Wildman–Crippen LogP) is 5.15. The standard InChI is InChI=1S/C18H19BrN2OS/c1-18(2)9-13-16(15(22)10-18)23-17(20-13)21-7-3-4-11-5-6-12(19)8-14(11)21/h5-6,8H,3-4,7,9-10H2,1-2H3. The van der Waals surface area contributed by atoms with Gasteiger partial charge in [0, 0.05) is 23.1 Å². The van der Waals surface area contributed by atoms with Crippen molar-refractivity contribution in [2.75, 3.05) is 11.4 Å². The molecule has 3 nitrogen and oxygen atoms in total. The molecule has 0 N–H and O–H groups in total. The van der Waals surface area contributed by atoms with Crippen LogP contribution in [0.3, 0.4) is 0 Å². The summed E-state index contributed by atoms with van der Waals surface area (Å²) in [4.78, 5) is 20.5. The smallest absolute Gasteiger partial charge is 0.190 e. The second-order valence-electron chi connectivity index (χ2n) is 7.24. The molecule has 0 atom stereocenters. The van der Waals surface area contributed by atoms with Crippen LogP contribution in [0, 0.1) is 5.41 Å². The fourth-order valence-electron chi connectivity index (χ4n) is 3.57. The summed E-state index contributed by atoms with van der Waals surface area (Å²) in [6.45, 7) is 5.27. The van der Waals surface area contributed by atoms with Crippen LogP contribution < -0.4 is 4.90 Å². The van der Waals surface area contributed by atoms with Crippen molar-refractivity contribution in [3.05, 3.63) is 38.8 Å². The normalized spacial score (nSPS) is 19.4. The number of carbonyl (C=O) groups is 1. The summed E-state index contributed by atoms with van der Waals surface area (Å²) in [6, 6.07) is 6.45. The summed E-state index contributed by atoms with van der Waals surface area (Å²) in [5.74, 6) is 0.256. The van der Waals surface area contributed by atoms with E-state index in [0.29, 0.717) is 6.42 Å². The molecule has 1 aliphatic heterocycles. The molecule has 23 heavy (non-hydrogen) atoms. The van der Waals surface area contributed by atoms with Crippen molar-refractivity contribution in [1.82, 2.24) is 4.98 Å². The van der Waals surface area contributed by atoms with E-state index in [2.05, 4.69) is 52.9 Å². The number of nitrogens with zero attached hydrogens (tertiary/aromatic N) is 2. The van der Waals surface area contributed by atoms with Crippen molar-refractivity contribution in [2.24, 2.45) is 5.41 Å². The van der Waals surface area contributed by atoms with Gasteiger partial charge in [-0.15, -0.1) is 0 Å². The largest absolute Gasteiger partial charge is 0.317 e. The molecular weight excluding hydrogens is 372 g/mol. The number of benzene rings is 1. The lowest BCUT2D eigenvalue weighted by molar-refractivity contribution is 0.0916. The summed E-state index contributed by atoms with van der Waals surface area (Å²) < 4.78 is 1.08. The zero-order valence-electron chi connectivity index (χ0n) is 13.4. The Bertz CT molecular complexity index is 796. The van der Waals surface area contributed by atoms with E-state index < -0.39 is 0 Å². The van der Waals surface area contributed by atoms with E-state index in [1.807, 2.05) is 0 Å². The fourth-order valence-corrected chi connectivity index (χ4v) is 4.98. The molecule has 1 aromatic heterocycles. The Morgan fingerprint density at radius 3 is 2.96 bits per heavy atom. The van der Waals surface area contributed by atoms with Gasteiger partial charge >= 0.3 is 0 Å². The number of Topliss-reactive ketones (excluding diaryl/α,β-unsaturated/α-hetero) is 1. The van der Waals surface area contributed by atoms with Crippen molar-refractivity contribution in [3.63, 3.8) is 0 Å². The van der Waals surface area contributed by atoms with Gasteiger partial charge in [-0.05, 0) is 42.4 Å². The molecule has 0 saturated carbocycles. The predicted molar refractivity (Wildman–Crippen MR) is 98.0 cm³/mol. The van der Waals surface area contributed by atoms with Gasteiger partial charge in [0.1, 0.15) is 0 Å². The van der Waals surface area contributed by atoms with Crippen molar-refractivity contribution in [2.45, 2.75) is 39.5 Å². The first-order chi connectivity index (χ1) is 10.9. The summed E-state index contributed by atoms with van der Waals surface area (Å²) in [5.41, 5.74) is 3.61. The molecule has 0 saturated heterocycles. The third kappa shape index (κ3) is 2.74. The first-order valence-corrected chi connectivity index (χ1v) is 9.63. The lowest BCUT2D eigenvalue weighted by Gasteiger charge is -2.29. The van der Waals surface area contributed by atoms with E-state index >= 15 is 0 Å². The van der Waals surface area contributed by atoms with Crippen LogP contribution in [0.4, 0.5) is 10.8 Å². The molecule has 0 bridgehead atoms. The zero-order chi connectivity index (χ0) is 16.2. The molecule has 0 amide bonds. The SMILES string of the molecule is CC1(C)CC(=O)c2sc(N3CCCc4ccc(Br)cc43)nc2C1. The quantitative estimate of drug-likeness (QED) is 0.675. The highest BCUT2D eigenvalue weighted by Crippen LogP contribution is 2.42. The average molecular weight is 391 g/mol. The number of ketones is 1. The van der Waals surface area contributed by atoms with Gasteiger partial charge in [-0.1, -0.05) is 47.2 Å². The zero-order valence-corrected chi connectivity index (χ0v) is 15.8. The van der Waals surface area contributed by atoms with Crippen molar-refractivity contribution >= 4 is 43.9 Å². The van der Waals surface area contributed by atoms with Crippen LogP contribution >= 0.6 is 27.3 Å². The second-order valence-corrected chi connectivity index (χ2v) is 9.13. The minimum Gasteiger partial charge on any atom is -0.317 e. The number of anilines is 2. The lowest BCUT2D eigenvalue weighted by Crippen LogP contribution is -2.26.